The molecule has 0 radical (unpaired) electrons. The van der Waals surface area contributed by atoms with E-state index in [0.29, 0.717) is 0 Å². The molecule has 1 aromatic carbocycles. The summed E-state index contributed by atoms with van der Waals surface area (Å²) in [7, 11) is 0. The van der Waals surface area contributed by atoms with E-state index >= 15 is 0 Å². The first-order valence-corrected chi connectivity index (χ1v) is 9.19. The minimum absolute atomic E-state index is 0.0322. The molecule has 2 aliphatic rings. The fraction of sp³-hybridized carbons (Fsp3) is 0.350. The van der Waals surface area contributed by atoms with Crippen LogP contribution in [0.25, 0.3) is 10.4 Å². The second kappa shape index (κ2) is 5.54. The highest BCUT2D eigenvalue weighted by Crippen LogP contribution is 2.53. The molecule has 0 saturated heterocycles. The first-order valence-electron chi connectivity index (χ1n) is 8.31. The highest BCUT2D eigenvalue weighted by molar-refractivity contribution is 7.13. The quantitative estimate of drug-likeness (QED) is 0.678. The molecular weight excluding hydrogens is 300 g/mol. The summed E-state index contributed by atoms with van der Waals surface area (Å²) >= 11 is 1.81. The lowest BCUT2D eigenvalue weighted by atomic mass is 9.68. The van der Waals surface area contributed by atoms with Gasteiger partial charge < -0.3 is 5.32 Å². The van der Waals surface area contributed by atoms with Gasteiger partial charge >= 0.3 is 0 Å². The highest BCUT2D eigenvalue weighted by Gasteiger charge is 2.43. The number of hydrogen-bond acceptors (Lipinski definition) is 3. The van der Waals surface area contributed by atoms with Gasteiger partial charge in [-0.1, -0.05) is 25.3 Å². The number of allylic oxidation sites excluding steroid dienone is 2. The summed E-state index contributed by atoms with van der Waals surface area (Å²) in [6.07, 6.45) is 7.81. The van der Waals surface area contributed by atoms with E-state index in [0.717, 1.165) is 18.5 Å². The van der Waals surface area contributed by atoms with Crippen molar-refractivity contribution < 1.29 is 0 Å². The molecule has 23 heavy (non-hydrogen) atoms. The van der Waals surface area contributed by atoms with E-state index in [1.807, 2.05) is 0 Å². The molecule has 2 heterocycles. The second-order valence-electron chi connectivity index (χ2n) is 6.65. The van der Waals surface area contributed by atoms with E-state index in [-0.39, 0.29) is 5.41 Å². The Labute approximate surface area is 141 Å². The number of benzene rings is 1. The lowest BCUT2D eigenvalue weighted by Crippen LogP contribution is -2.29. The highest BCUT2D eigenvalue weighted by atomic mass is 32.1. The van der Waals surface area contributed by atoms with Crippen molar-refractivity contribution in [3.8, 4) is 16.5 Å². The third-order valence-corrected chi connectivity index (χ3v) is 6.43. The van der Waals surface area contributed by atoms with Crippen molar-refractivity contribution in [3.63, 3.8) is 0 Å². The van der Waals surface area contributed by atoms with Crippen molar-refractivity contribution in [2.45, 2.75) is 44.4 Å². The van der Waals surface area contributed by atoms with Gasteiger partial charge in [0.2, 0.25) is 0 Å². The molecule has 1 aromatic heterocycles. The Morgan fingerprint density at radius 2 is 2.04 bits per heavy atom. The number of nitrogens with zero attached hydrogens (tertiary/aromatic N) is 1. The van der Waals surface area contributed by atoms with Gasteiger partial charge in [0.1, 0.15) is 0 Å². The van der Waals surface area contributed by atoms with E-state index in [9.17, 15) is 5.26 Å². The monoisotopic (exact) mass is 320 g/mol. The summed E-state index contributed by atoms with van der Waals surface area (Å²) in [6, 6.07) is 11.2. The molecule has 0 amide bonds. The van der Waals surface area contributed by atoms with E-state index in [1.54, 1.807) is 17.4 Å². The van der Waals surface area contributed by atoms with E-state index < -0.39 is 0 Å². The van der Waals surface area contributed by atoms with Crippen molar-refractivity contribution in [1.82, 2.24) is 0 Å². The molecule has 1 fully saturated rings. The van der Waals surface area contributed by atoms with Crippen LogP contribution in [0, 0.1) is 18.3 Å². The second-order valence-corrected chi connectivity index (χ2v) is 7.56. The minimum atomic E-state index is 0.0322. The number of aryl methyl sites for hydroxylation is 1. The zero-order valence-corrected chi connectivity index (χ0v) is 14.2. The SMILES string of the molecule is Cc1ccsc1-c1ccc2c(c1)C1(CCCCC1)C(=CC#N)N2. The first kappa shape index (κ1) is 14.5. The van der Waals surface area contributed by atoms with Gasteiger partial charge in [-0.25, -0.2) is 0 Å². The van der Waals surface area contributed by atoms with Crippen LogP contribution in [0.2, 0.25) is 0 Å². The van der Waals surface area contributed by atoms with E-state index in [1.165, 1.54) is 46.5 Å². The molecule has 0 atom stereocenters. The van der Waals surface area contributed by atoms with Crippen molar-refractivity contribution >= 4 is 17.0 Å². The number of hydrogen-bond donors (Lipinski definition) is 1. The topological polar surface area (TPSA) is 35.8 Å². The van der Waals surface area contributed by atoms with Crippen LogP contribution in [0.1, 0.15) is 43.2 Å². The Hall–Kier alpha value is -2.05. The summed E-state index contributed by atoms with van der Waals surface area (Å²) in [6.45, 7) is 2.18. The molecule has 1 aliphatic carbocycles. The average molecular weight is 320 g/mol. The number of rotatable bonds is 1. The number of nitrogens with one attached hydrogen (secondary N) is 1. The van der Waals surface area contributed by atoms with E-state index in [2.05, 4.69) is 48.0 Å². The van der Waals surface area contributed by atoms with Crippen molar-refractivity contribution in [2.75, 3.05) is 5.32 Å². The van der Waals surface area contributed by atoms with Crippen LogP contribution in [0.3, 0.4) is 0 Å². The van der Waals surface area contributed by atoms with Gasteiger partial charge in [0.05, 0.1) is 6.07 Å². The molecule has 2 nitrogen and oxygen atoms in total. The Balaban J connectivity index is 1.87. The maximum Gasteiger partial charge on any atom is 0.0930 e. The lowest BCUT2D eigenvalue weighted by molar-refractivity contribution is 0.350. The molecule has 0 unspecified atom stereocenters. The van der Waals surface area contributed by atoms with Crippen molar-refractivity contribution in [3.05, 3.63) is 52.5 Å². The van der Waals surface area contributed by atoms with Crippen LogP contribution in [0.5, 0.6) is 0 Å². The van der Waals surface area contributed by atoms with Crippen molar-refractivity contribution in [1.29, 1.82) is 5.26 Å². The van der Waals surface area contributed by atoms with Gasteiger partial charge in [0, 0.05) is 27.8 Å². The van der Waals surface area contributed by atoms with Crippen LogP contribution in [0.4, 0.5) is 5.69 Å². The Kier molecular flexibility index (Phi) is 3.50. The summed E-state index contributed by atoms with van der Waals surface area (Å²) in [5.74, 6) is 0. The van der Waals surface area contributed by atoms with Gasteiger partial charge in [-0.2, -0.15) is 5.26 Å². The molecule has 4 rings (SSSR count). The van der Waals surface area contributed by atoms with Crippen LogP contribution in [-0.2, 0) is 5.41 Å². The largest absolute Gasteiger partial charge is 0.357 e. The van der Waals surface area contributed by atoms with Gasteiger partial charge in [0.15, 0.2) is 0 Å². The number of fused-ring (bicyclic) bond motifs is 2. The van der Waals surface area contributed by atoms with E-state index in [4.69, 9.17) is 0 Å². The molecule has 3 heteroatoms. The number of anilines is 1. The smallest absolute Gasteiger partial charge is 0.0930 e. The van der Waals surface area contributed by atoms with Gasteiger partial charge in [-0.3, -0.25) is 0 Å². The first-order chi connectivity index (χ1) is 11.2. The van der Waals surface area contributed by atoms with Crippen molar-refractivity contribution in [2.24, 2.45) is 0 Å². The van der Waals surface area contributed by atoms with Gasteiger partial charge in [-0.05, 0) is 60.0 Å². The average Bonchev–Trinajstić information content (AvgIpc) is 3.12. The maximum atomic E-state index is 9.20. The maximum absolute atomic E-state index is 9.20. The van der Waals surface area contributed by atoms with Crippen LogP contribution in [0.15, 0.2) is 41.4 Å². The Morgan fingerprint density at radius 1 is 1.22 bits per heavy atom. The fourth-order valence-corrected chi connectivity index (χ4v) is 5.13. The molecule has 1 aliphatic heterocycles. The molecule has 2 aromatic rings. The molecule has 116 valence electrons. The lowest BCUT2D eigenvalue weighted by Gasteiger charge is -2.34. The number of nitriles is 1. The molecule has 1 spiro atoms. The predicted octanol–water partition coefficient (Wildman–Crippen LogP) is 5.76. The van der Waals surface area contributed by atoms with Crippen LogP contribution >= 0.6 is 11.3 Å². The predicted molar refractivity (Wildman–Crippen MR) is 96.6 cm³/mol. The fourth-order valence-electron chi connectivity index (χ4n) is 4.20. The zero-order valence-electron chi connectivity index (χ0n) is 13.4. The third kappa shape index (κ3) is 2.21. The standard InChI is InChI=1S/C20H20N2S/c1-14-8-12-23-19(14)15-5-6-17-16(13-15)20(9-3-2-4-10-20)18(22-17)7-11-21/h5-8,12-13,22H,2-4,9-10H2,1H3. The molecule has 1 N–H and O–H groups in total. The Bertz CT molecular complexity index is 816. The summed E-state index contributed by atoms with van der Waals surface area (Å²) in [4.78, 5) is 1.36. The van der Waals surface area contributed by atoms with Gasteiger partial charge in [0.25, 0.3) is 0 Å². The molecular formula is C20H20N2S. The van der Waals surface area contributed by atoms with Crippen LogP contribution < -0.4 is 5.32 Å². The zero-order chi connectivity index (χ0) is 15.9. The summed E-state index contributed by atoms with van der Waals surface area (Å²) in [5.41, 5.74) is 6.36. The van der Waals surface area contributed by atoms with Crippen LogP contribution in [-0.4, -0.2) is 0 Å². The third-order valence-electron chi connectivity index (χ3n) is 5.36. The number of thiophene rings is 1. The normalized spacial score (nSPS) is 20.3. The molecule has 1 saturated carbocycles. The summed E-state index contributed by atoms with van der Waals surface area (Å²) < 4.78 is 0. The molecule has 0 bridgehead atoms. The Morgan fingerprint density at radius 3 is 2.74 bits per heavy atom. The van der Waals surface area contributed by atoms with Gasteiger partial charge in [-0.15, -0.1) is 11.3 Å². The summed E-state index contributed by atoms with van der Waals surface area (Å²) in [5, 5.41) is 14.9. The minimum Gasteiger partial charge on any atom is -0.357 e.